The fourth-order valence-electron chi connectivity index (χ4n) is 3.24. The van der Waals surface area contributed by atoms with Gasteiger partial charge in [0.15, 0.2) is 17.6 Å². The quantitative estimate of drug-likeness (QED) is 0.253. The molecule has 34 heavy (non-hydrogen) atoms. The summed E-state index contributed by atoms with van der Waals surface area (Å²) in [5.74, 6) is 0.855. The van der Waals surface area contributed by atoms with Crippen LogP contribution in [0.15, 0.2) is 49.2 Å². The predicted molar refractivity (Wildman–Crippen MR) is 138 cm³/mol. The van der Waals surface area contributed by atoms with E-state index in [0.717, 1.165) is 17.3 Å². The molecule has 3 rings (SSSR count). The molecule has 10 heteroatoms. The lowest BCUT2D eigenvalue weighted by atomic mass is 10.2. The van der Waals surface area contributed by atoms with Crippen LogP contribution in [0.3, 0.4) is 0 Å². The van der Waals surface area contributed by atoms with Crippen LogP contribution < -0.4 is 15.0 Å². The van der Waals surface area contributed by atoms with Gasteiger partial charge in [0.2, 0.25) is 0 Å². The summed E-state index contributed by atoms with van der Waals surface area (Å²) in [5.41, 5.74) is 1.04. The second-order valence-electron chi connectivity index (χ2n) is 7.46. The maximum Gasteiger partial charge on any atom is 0.346 e. The van der Waals surface area contributed by atoms with Gasteiger partial charge in [-0.3, -0.25) is 4.79 Å². The number of hydrogen-bond donors (Lipinski definition) is 0. The molecule has 1 heterocycles. The summed E-state index contributed by atoms with van der Waals surface area (Å²) in [6.45, 7) is 3.67. The molecule has 0 aliphatic carbocycles. The summed E-state index contributed by atoms with van der Waals surface area (Å²) < 4.78 is 18.6. The summed E-state index contributed by atoms with van der Waals surface area (Å²) in [4.78, 5) is 29.7. The normalized spacial score (nSPS) is 12.2. The Kier molecular flexibility index (Phi) is 8.84. The molecular weight excluding hydrogens is 570 g/mol. The number of carbonyl (C=O) groups excluding carboxylic acids is 1. The van der Waals surface area contributed by atoms with E-state index in [2.05, 4.69) is 48.9 Å². The van der Waals surface area contributed by atoms with Gasteiger partial charge < -0.3 is 14.2 Å². The average molecular weight is 595 g/mol. The number of halogens is 2. The second-order valence-corrected chi connectivity index (χ2v) is 9.23. The molecule has 0 saturated heterocycles. The van der Waals surface area contributed by atoms with Gasteiger partial charge in [0, 0.05) is 20.9 Å². The van der Waals surface area contributed by atoms with Gasteiger partial charge >= 0.3 is 5.97 Å². The zero-order chi connectivity index (χ0) is 24.8. The van der Waals surface area contributed by atoms with Crippen LogP contribution in [0.2, 0.25) is 0 Å². The molecule has 0 bridgehead atoms. The molecule has 180 valence electrons. The van der Waals surface area contributed by atoms with Crippen molar-refractivity contribution >= 4 is 54.9 Å². The number of aromatic nitrogens is 2. The van der Waals surface area contributed by atoms with Crippen LogP contribution in [0.25, 0.3) is 10.9 Å². The Balaban J connectivity index is 2.04. The number of nitrogens with zero attached hydrogens (tertiary/aromatic N) is 3. The maximum absolute atomic E-state index is 13.2. The van der Waals surface area contributed by atoms with E-state index in [1.54, 1.807) is 31.3 Å². The van der Waals surface area contributed by atoms with Crippen molar-refractivity contribution in [3.8, 4) is 11.5 Å². The number of unbranched alkanes of at least 4 members (excludes halogenated alkanes) is 1. The van der Waals surface area contributed by atoms with Crippen LogP contribution in [-0.4, -0.2) is 42.2 Å². The minimum atomic E-state index is -0.812. The molecule has 0 unspecified atom stereocenters. The first-order valence-corrected chi connectivity index (χ1v) is 12.2. The first-order valence-electron chi connectivity index (χ1n) is 10.7. The highest BCUT2D eigenvalue weighted by Gasteiger charge is 2.19. The van der Waals surface area contributed by atoms with Gasteiger partial charge in [-0.15, -0.1) is 0 Å². The molecule has 0 aliphatic heterocycles. The maximum atomic E-state index is 13.2. The van der Waals surface area contributed by atoms with Crippen LogP contribution in [0, 0.1) is 0 Å². The monoisotopic (exact) mass is 593 g/mol. The molecule has 2 aromatic carbocycles. The highest BCUT2D eigenvalue weighted by Crippen LogP contribution is 2.33. The van der Waals surface area contributed by atoms with E-state index < -0.39 is 12.1 Å². The number of esters is 1. The number of fused-ring (bicyclic) bond motifs is 1. The largest absolute Gasteiger partial charge is 0.493 e. The Morgan fingerprint density at radius 1 is 1.21 bits per heavy atom. The molecule has 0 amide bonds. The zero-order valence-electron chi connectivity index (χ0n) is 19.3. The first-order chi connectivity index (χ1) is 16.3. The second kappa shape index (κ2) is 11.6. The van der Waals surface area contributed by atoms with Gasteiger partial charge in [0.25, 0.3) is 5.56 Å². The third kappa shape index (κ3) is 5.85. The molecule has 0 spiro atoms. The highest BCUT2D eigenvalue weighted by atomic mass is 79.9. The summed E-state index contributed by atoms with van der Waals surface area (Å²) in [5, 5.41) is 4.95. The number of aryl methyl sites for hydroxylation is 1. The molecule has 8 nitrogen and oxygen atoms in total. The minimum Gasteiger partial charge on any atom is -0.493 e. The standard InChI is InChI=1S/C24H25Br2N3O5/c1-5-6-7-22-28-19-9-8-16(25)11-17(19)23(30)29(22)27-13-15-10-20(32-3)21(12-18(15)26)34-14(2)24(31)33-4/h8-14H,5-7H2,1-4H3/t14-/m1/s1. The lowest BCUT2D eigenvalue weighted by Gasteiger charge is -2.16. The van der Waals surface area contributed by atoms with Gasteiger partial charge in [-0.1, -0.05) is 29.3 Å². The van der Waals surface area contributed by atoms with Gasteiger partial charge in [0.05, 0.1) is 31.3 Å². The number of rotatable bonds is 9. The van der Waals surface area contributed by atoms with Crippen molar-refractivity contribution in [3.05, 3.63) is 61.0 Å². The SMILES string of the molecule is CCCCc1nc2ccc(Br)cc2c(=O)n1N=Cc1cc(OC)c(O[C@H](C)C(=O)OC)cc1Br. The van der Waals surface area contributed by atoms with E-state index in [4.69, 9.17) is 14.2 Å². The van der Waals surface area contributed by atoms with E-state index in [9.17, 15) is 9.59 Å². The highest BCUT2D eigenvalue weighted by molar-refractivity contribution is 9.10. The fourth-order valence-corrected chi connectivity index (χ4v) is 4.02. The summed E-state index contributed by atoms with van der Waals surface area (Å²) in [7, 11) is 2.80. The molecule has 1 atom stereocenters. The van der Waals surface area contributed by atoms with Gasteiger partial charge in [-0.25, -0.2) is 9.78 Å². The molecule has 0 radical (unpaired) electrons. The minimum absolute atomic E-state index is 0.247. The first kappa shape index (κ1) is 25.9. The molecule has 0 aliphatic rings. The molecule has 0 N–H and O–H groups in total. The molecule has 0 fully saturated rings. The van der Waals surface area contributed by atoms with E-state index in [-0.39, 0.29) is 5.56 Å². The third-order valence-corrected chi connectivity index (χ3v) is 6.24. The molecule has 0 saturated carbocycles. The van der Waals surface area contributed by atoms with Crippen molar-refractivity contribution in [2.75, 3.05) is 14.2 Å². The van der Waals surface area contributed by atoms with E-state index in [0.29, 0.717) is 44.7 Å². The van der Waals surface area contributed by atoms with E-state index in [1.165, 1.54) is 18.9 Å². The van der Waals surface area contributed by atoms with Crippen molar-refractivity contribution < 1.29 is 19.0 Å². The van der Waals surface area contributed by atoms with E-state index >= 15 is 0 Å². The van der Waals surface area contributed by atoms with Crippen molar-refractivity contribution in [3.63, 3.8) is 0 Å². The summed E-state index contributed by atoms with van der Waals surface area (Å²) in [6, 6.07) is 8.80. The topological polar surface area (TPSA) is 92.0 Å². The van der Waals surface area contributed by atoms with Crippen LogP contribution in [0.5, 0.6) is 11.5 Å². The number of ether oxygens (including phenoxy) is 3. The summed E-state index contributed by atoms with van der Waals surface area (Å²) >= 11 is 6.92. The Morgan fingerprint density at radius 3 is 2.65 bits per heavy atom. The number of carbonyl (C=O) groups is 1. The number of benzene rings is 2. The van der Waals surface area contributed by atoms with E-state index in [1.807, 2.05) is 12.1 Å². The van der Waals surface area contributed by atoms with Crippen molar-refractivity contribution in [2.24, 2.45) is 5.10 Å². The fraction of sp³-hybridized carbons (Fsp3) is 0.333. The van der Waals surface area contributed by atoms with Crippen molar-refractivity contribution in [2.45, 2.75) is 39.2 Å². The van der Waals surface area contributed by atoms with Crippen LogP contribution in [0.1, 0.15) is 38.1 Å². The molecule has 1 aromatic heterocycles. The lowest BCUT2D eigenvalue weighted by molar-refractivity contribution is -0.147. The Labute approximate surface area is 214 Å². The number of methoxy groups -OCH3 is 2. The van der Waals surface area contributed by atoms with Crippen molar-refractivity contribution in [1.82, 2.24) is 9.66 Å². The smallest absolute Gasteiger partial charge is 0.346 e. The van der Waals surface area contributed by atoms with Gasteiger partial charge in [-0.2, -0.15) is 9.78 Å². The number of hydrogen-bond acceptors (Lipinski definition) is 7. The predicted octanol–water partition coefficient (Wildman–Crippen LogP) is 5.10. The third-order valence-electron chi connectivity index (χ3n) is 5.06. The zero-order valence-corrected chi connectivity index (χ0v) is 22.5. The molecular formula is C24H25Br2N3O5. The van der Waals surface area contributed by atoms with Gasteiger partial charge in [0.1, 0.15) is 5.82 Å². The Bertz CT molecular complexity index is 1290. The van der Waals surface area contributed by atoms with Crippen molar-refractivity contribution in [1.29, 1.82) is 0 Å². The average Bonchev–Trinajstić information content (AvgIpc) is 2.83. The summed E-state index contributed by atoms with van der Waals surface area (Å²) in [6.07, 6.45) is 3.21. The van der Waals surface area contributed by atoms with Crippen LogP contribution in [-0.2, 0) is 16.0 Å². The Hall–Kier alpha value is -2.72. The Morgan fingerprint density at radius 2 is 1.97 bits per heavy atom. The van der Waals surface area contributed by atoms with Crippen LogP contribution >= 0.6 is 31.9 Å². The molecule has 3 aromatic rings. The lowest BCUT2D eigenvalue weighted by Crippen LogP contribution is -2.25. The van der Waals surface area contributed by atoms with Crippen LogP contribution in [0.4, 0.5) is 0 Å². The van der Waals surface area contributed by atoms with Gasteiger partial charge in [-0.05, 0) is 59.6 Å².